The maximum absolute atomic E-state index is 10.3. The molecule has 0 unspecified atom stereocenters. The molecule has 0 spiro atoms. The molecule has 0 atom stereocenters. The van der Waals surface area contributed by atoms with Crippen LogP contribution >= 0.6 is 11.8 Å². The van der Waals surface area contributed by atoms with Gasteiger partial charge in [0, 0.05) is 5.39 Å². The Hall–Kier alpha value is -2.61. The average molecular weight is 409 g/mol. The van der Waals surface area contributed by atoms with Crippen molar-refractivity contribution in [1.82, 2.24) is 14.5 Å². The predicted molar refractivity (Wildman–Crippen MR) is 118 cm³/mol. The fourth-order valence-electron chi connectivity index (χ4n) is 3.62. The highest BCUT2D eigenvalue weighted by molar-refractivity contribution is 7.98. The van der Waals surface area contributed by atoms with Crippen LogP contribution in [-0.2, 0) is 18.8 Å². The zero-order valence-electron chi connectivity index (χ0n) is 16.7. The molecule has 150 valence electrons. The molecule has 2 aromatic heterocycles. The summed E-state index contributed by atoms with van der Waals surface area (Å²) in [6, 6.07) is 13.6. The number of pyridine rings is 1. The molecular formula is C22H24N4O2S. The van der Waals surface area contributed by atoms with Gasteiger partial charge in [0.25, 0.3) is 0 Å². The van der Waals surface area contributed by atoms with E-state index >= 15 is 0 Å². The van der Waals surface area contributed by atoms with Crippen molar-refractivity contribution in [3.8, 4) is 0 Å². The quantitative estimate of drug-likeness (QED) is 0.436. The molecule has 4 aromatic rings. The predicted octanol–water partition coefficient (Wildman–Crippen LogP) is 3.66. The van der Waals surface area contributed by atoms with E-state index in [2.05, 4.69) is 9.55 Å². The molecule has 0 aliphatic heterocycles. The number of benzene rings is 2. The maximum atomic E-state index is 10.3. The molecule has 2 heterocycles. The number of hydrogen-bond acceptors (Lipinski definition) is 6. The van der Waals surface area contributed by atoms with Crippen LogP contribution in [0.15, 0.2) is 47.6 Å². The first-order valence-corrected chi connectivity index (χ1v) is 10.6. The minimum atomic E-state index is -0.967. The molecule has 2 aromatic carbocycles. The SMILES string of the molecule is CSc1nc2c(N)nc3ccccc3c2n1Cc1ccc(C(C)(C)O)cc1CO. The van der Waals surface area contributed by atoms with E-state index in [4.69, 9.17) is 10.7 Å². The van der Waals surface area contributed by atoms with E-state index in [9.17, 15) is 10.2 Å². The molecule has 0 aliphatic rings. The number of imidazole rings is 1. The number of rotatable bonds is 5. The fourth-order valence-corrected chi connectivity index (χ4v) is 4.18. The van der Waals surface area contributed by atoms with Crippen LogP contribution in [0, 0.1) is 0 Å². The summed E-state index contributed by atoms with van der Waals surface area (Å²) in [5.74, 6) is 0.410. The van der Waals surface area contributed by atoms with Gasteiger partial charge in [0.2, 0.25) is 0 Å². The minimum Gasteiger partial charge on any atom is -0.392 e. The van der Waals surface area contributed by atoms with Crippen molar-refractivity contribution in [2.75, 3.05) is 12.0 Å². The largest absolute Gasteiger partial charge is 0.392 e. The van der Waals surface area contributed by atoms with Gasteiger partial charge in [0.1, 0.15) is 5.52 Å². The molecule has 0 fully saturated rings. The molecule has 0 bridgehead atoms. The summed E-state index contributed by atoms with van der Waals surface area (Å²) in [5.41, 5.74) is 10.2. The van der Waals surface area contributed by atoms with Gasteiger partial charge in [-0.15, -0.1) is 0 Å². The molecule has 0 saturated heterocycles. The van der Waals surface area contributed by atoms with Gasteiger partial charge in [0.15, 0.2) is 11.0 Å². The molecule has 0 radical (unpaired) electrons. The van der Waals surface area contributed by atoms with Gasteiger partial charge in [-0.25, -0.2) is 9.97 Å². The highest BCUT2D eigenvalue weighted by Gasteiger charge is 2.20. The van der Waals surface area contributed by atoms with Crippen LogP contribution in [-0.4, -0.2) is 31.0 Å². The standard InChI is InChI=1S/C22H24N4O2S/c1-22(2,28)15-9-8-13(14(10-15)12-27)11-26-19-16-6-4-5-7-17(16)24-20(23)18(19)25-21(26)29-3/h4-10,27-28H,11-12H2,1-3H3,(H2,23,24). The fraction of sp³-hybridized carbons (Fsp3) is 0.273. The van der Waals surface area contributed by atoms with E-state index in [1.165, 1.54) is 0 Å². The number of anilines is 1. The number of fused-ring (bicyclic) bond motifs is 3. The van der Waals surface area contributed by atoms with Crippen LogP contribution in [0.5, 0.6) is 0 Å². The minimum absolute atomic E-state index is 0.106. The molecule has 4 N–H and O–H groups in total. The molecule has 0 saturated carbocycles. The van der Waals surface area contributed by atoms with Gasteiger partial charge < -0.3 is 20.5 Å². The first-order valence-electron chi connectivity index (χ1n) is 9.37. The highest BCUT2D eigenvalue weighted by Crippen LogP contribution is 2.33. The molecule has 0 aliphatic carbocycles. The number of nitrogens with two attached hydrogens (primary N) is 1. The molecular weight excluding hydrogens is 384 g/mol. The second kappa shape index (κ2) is 7.33. The number of para-hydroxylation sites is 1. The summed E-state index contributed by atoms with van der Waals surface area (Å²) in [4.78, 5) is 9.22. The van der Waals surface area contributed by atoms with Crippen LogP contribution < -0.4 is 5.73 Å². The van der Waals surface area contributed by atoms with Crippen molar-refractivity contribution in [3.05, 3.63) is 59.2 Å². The summed E-state index contributed by atoms with van der Waals surface area (Å²) < 4.78 is 2.12. The normalized spacial score (nSPS) is 12.2. The lowest BCUT2D eigenvalue weighted by Crippen LogP contribution is -2.16. The van der Waals surface area contributed by atoms with Crippen LogP contribution in [0.25, 0.3) is 21.9 Å². The maximum Gasteiger partial charge on any atom is 0.169 e. The third-order valence-corrected chi connectivity index (χ3v) is 5.85. The lowest BCUT2D eigenvalue weighted by molar-refractivity contribution is 0.0784. The van der Waals surface area contributed by atoms with Crippen molar-refractivity contribution >= 4 is 39.5 Å². The Kier molecular flexibility index (Phi) is 4.98. The summed E-state index contributed by atoms with van der Waals surface area (Å²) in [7, 11) is 0. The molecule has 0 amide bonds. The molecule has 4 rings (SSSR count). The zero-order valence-corrected chi connectivity index (χ0v) is 17.5. The van der Waals surface area contributed by atoms with Crippen LogP contribution in [0.4, 0.5) is 5.82 Å². The Morgan fingerprint density at radius 1 is 1.10 bits per heavy atom. The van der Waals surface area contributed by atoms with Crippen molar-refractivity contribution in [1.29, 1.82) is 0 Å². The second-order valence-corrected chi connectivity index (χ2v) is 8.37. The van der Waals surface area contributed by atoms with Crippen molar-refractivity contribution in [3.63, 3.8) is 0 Å². The van der Waals surface area contributed by atoms with Crippen LogP contribution in [0.3, 0.4) is 0 Å². The summed E-state index contributed by atoms with van der Waals surface area (Å²) in [6.45, 7) is 3.90. The molecule has 7 heteroatoms. The van der Waals surface area contributed by atoms with Gasteiger partial charge in [-0.05, 0) is 42.9 Å². The summed E-state index contributed by atoms with van der Waals surface area (Å²) >= 11 is 1.54. The van der Waals surface area contributed by atoms with E-state index < -0.39 is 5.60 Å². The second-order valence-electron chi connectivity index (χ2n) is 7.60. The Labute approximate surface area is 173 Å². The van der Waals surface area contributed by atoms with Gasteiger partial charge in [-0.3, -0.25) is 0 Å². The van der Waals surface area contributed by atoms with Crippen molar-refractivity contribution in [2.45, 2.75) is 37.8 Å². The lowest BCUT2D eigenvalue weighted by Gasteiger charge is -2.20. The lowest BCUT2D eigenvalue weighted by atomic mass is 9.94. The first kappa shape index (κ1) is 19.7. The number of hydrogen-bond donors (Lipinski definition) is 3. The summed E-state index contributed by atoms with van der Waals surface area (Å²) in [6.07, 6.45) is 1.98. The first-order chi connectivity index (χ1) is 13.8. The Morgan fingerprint density at radius 3 is 2.55 bits per heavy atom. The highest BCUT2D eigenvalue weighted by atomic mass is 32.2. The van der Waals surface area contributed by atoms with E-state index in [1.807, 2.05) is 48.7 Å². The Balaban J connectivity index is 1.93. The third kappa shape index (κ3) is 3.46. The van der Waals surface area contributed by atoms with Crippen molar-refractivity contribution in [2.24, 2.45) is 0 Å². The molecule has 6 nitrogen and oxygen atoms in total. The monoisotopic (exact) mass is 408 g/mol. The van der Waals surface area contributed by atoms with Gasteiger partial charge >= 0.3 is 0 Å². The number of thioether (sulfide) groups is 1. The summed E-state index contributed by atoms with van der Waals surface area (Å²) in [5, 5.41) is 22.1. The topological polar surface area (TPSA) is 97.2 Å². The van der Waals surface area contributed by atoms with E-state index in [1.54, 1.807) is 25.6 Å². The zero-order chi connectivity index (χ0) is 20.8. The van der Waals surface area contributed by atoms with Crippen LogP contribution in [0.1, 0.15) is 30.5 Å². The number of aliphatic hydroxyl groups is 2. The number of nitrogens with zero attached hydrogens (tertiary/aromatic N) is 3. The Morgan fingerprint density at radius 2 is 1.86 bits per heavy atom. The van der Waals surface area contributed by atoms with Gasteiger partial charge in [-0.2, -0.15) is 0 Å². The van der Waals surface area contributed by atoms with Crippen LogP contribution in [0.2, 0.25) is 0 Å². The number of nitrogen functional groups attached to an aromatic ring is 1. The Bertz CT molecular complexity index is 1210. The van der Waals surface area contributed by atoms with Crippen molar-refractivity contribution < 1.29 is 10.2 Å². The van der Waals surface area contributed by atoms with E-state index in [0.29, 0.717) is 17.9 Å². The smallest absolute Gasteiger partial charge is 0.169 e. The number of aliphatic hydroxyl groups excluding tert-OH is 1. The average Bonchev–Trinajstić information content (AvgIpc) is 3.07. The van der Waals surface area contributed by atoms with Gasteiger partial charge in [0.05, 0.1) is 29.8 Å². The third-order valence-electron chi connectivity index (χ3n) is 5.17. The van der Waals surface area contributed by atoms with E-state index in [0.717, 1.165) is 38.3 Å². The van der Waals surface area contributed by atoms with E-state index in [-0.39, 0.29) is 6.61 Å². The van der Waals surface area contributed by atoms with Gasteiger partial charge in [-0.1, -0.05) is 48.2 Å². The number of aromatic nitrogens is 3. The molecule has 29 heavy (non-hydrogen) atoms.